The highest BCUT2D eigenvalue weighted by molar-refractivity contribution is 9.10. The maximum absolute atomic E-state index is 11.1. The highest BCUT2D eigenvalue weighted by Crippen LogP contribution is 2.38. The minimum Gasteiger partial charge on any atom is -0.478 e. The zero-order chi connectivity index (χ0) is 14.7. The second-order valence-electron chi connectivity index (χ2n) is 3.75. The molecule has 0 aromatic heterocycles. The first-order valence-corrected chi connectivity index (χ1v) is 6.23. The molecule has 0 saturated heterocycles. The molecule has 20 heavy (non-hydrogen) atoms. The number of hydrogen-bond donors (Lipinski definition) is 1. The quantitative estimate of drug-likeness (QED) is 0.676. The van der Waals surface area contributed by atoms with Gasteiger partial charge in [-0.3, -0.25) is 10.1 Å². The summed E-state index contributed by atoms with van der Waals surface area (Å²) in [5.41, 5.74) is -0.322. The van der Waals surface area contributed by atoms with Crippen molar-refractivity contribution in [2.45, 2.75) is 0 Å². The number of nitrogens with zero attached hydrogens (tertiary/aromatic N) is 1. The number of aromatic carboxylic acids is 1. The molecule has 0 saturated carbocycles. The van der Waals surface area contributed by atoms with Crippen molar-refractivity contribution < 1.29 is 19.6 Å². The van der Waals surface area contributed by atoms with E-state index >= 15 is 0 Å². The second-order valence-corrected chi connectivity index (χ2v) is 4.60. The number of carbonyl (C=O) groups is 1. The van der Waals surface area contributed by atoms with Crippen LogP contribution in [0.5, 0.6) is 11.5 Å². The first kappa shape index (κ1) is 14.0. The van der Waals surface area contributed by atoms with Gasteiger partial charge in [0.15, 0.2) is 0 Å². The fourth-order valence-electron chi connectivity index (χ4n) is 1.58. The van der Waals surface area contributed by atoms with Gasteiger partial charge in [-0.2, -0.15) is 0 Å². The number of nitro groups is 1. The molecule has 0 fully saturated rings. The number of carboxylic acids is 1. The molecule has 2 aromatic carbocycles. The molecule has 2 rings (SSSR count). The van der Waals surface area contributed by atoms with E-state index in [0.717, 1.165) is 0 Å². The van der Waals surface area contributed by atoms with Crippen LogP contribution in [0.4, 0.5) is 5.69 Å². The van der Waals surface area contributed by atoms with Crippen LogP contribution in [0, 0.1) is 10.1 Å². The van der Waals surface area contributed by atoms with Crippen LogP contribution in [0.15, 0.2) is 46.9 Å². The molecule has 0 spiro atoms. The maximum atomic E-state index is 11.1. The highest BCUT2D eigenvalue weighted by atomic mass is 79.9. The largest absolute Gasteiger partial charge is 0.478 e. The monoisotopic (exact) mass is 337 g/mol. The van der Waals surface area contributed by atoms with Crippen LogP contribution < -0.4 is 4.74 Å². The van der Waals surface area contributed by atoms with Gasteiger partial charge in [0.2, 0.25) is 5.75 Å². The van der Waals surface area contributed by atoms with Crippen LogP contribution in [-0.2, 0) is 0 Å². The van der Waals surface area contributed by atoms with E-state index in [4.69, 9.17) is 9.84 Å². The standard InChI is InChI=1S/C13H8BrNO5/c14-9-5-3-6-10(15(18)19)12(9)20-11-7-2-1-4-8(11)13(16)17/h1-7H,(H,16,17). The molecule has 0 amide bonds. The van der Waals surface area contributed by atoms with Crippen molar-refractivity contribution in [3.05, 3.63) is 62.6 Å². The first-order valence-electron chi connectivity index (χ1n) is 5.44. The van der Waals surface area contributed by atoms with Crippen LogP contribution in [0.1, 0.15) is 10.4 Å². The normalized spacial score (nSPS) is 10.1. The van der Waals surface area contributed by atoms with E-state index in [0.29, 0.717) is 4.47 Å². The highest BCUT2D eigenvalue weighted by Gasteiger charge is 2.21. The maximum Gasteiger partial charge on any atom is 0.339 e. The van der Waals surface area contributed by atoms with Crippen LogP contribution in [0.2, 0.25) is 0 Å². The summed E-state index contributed by atoms with van der Waals surface area (Å²) in [5, 5.41) is 20.0. The lowest BCUT2D eigenvalue weighted by molar-refractivity contribution is -0.385. The van der Waals surface area contributed by atoms with Gasteiger partial charge >= 0.3 is 11.7 Å². The fourth-order valence-corrected chi connectivity index (χ4v) is 2.02. The molecule has 0 aliphatic rings. The molecule has 102 valence electrons. The Morgan fingerprint density at radius 3 is 2.55 bits per heavy atom. The van der Waals surface area contributed by atoms with Gasteiger partial charge in [0.1, 0.15) is 11.3 Å². The van der Waals surface area contributed by atoms with Gasteiger partial charge in [-0.1, -0.05) is 18.2 Å². The third-order valence-corrected chi connectivity index (χ3v) is 3.10. The minimum absolute atomic E-state index is 0.0359. The molecule has 0 aliphatic carbocycles. The molecule has 0 unspecified atom stereocenters. The topological polar surface area (TPSA) is 89.7 Å². The number of para-hydroxylation sites is 2. The predicted molar refractivity (Wildman–Crippen MR) is 74.3 cm³/mol. The smallest absolute Gasteiger partial charge is 0.339 e. The Hall–Kier alpha value is -2.41. The van der Waals surface area contributed by atoms with Crippen molar-refractivity contribution in [1.82, 2.24) is 0 Å². The van der Waals surface area contributed by atoms with E-state index < -0.39 is 10.9 Å². The van der Waals surface area contributed by atoms with Crippen LogP contribution in [-0.4, -0.2) is 16.0 Å². The third kappa shape index (κ3) is 2.77. The van der Waals surface area contributed by atoms with Gasteiger partial charge in [0, 0.05) is 6.07 Å². The first-order chi connectivity index (χ1) is 9.50. The number of halogens is 1. The molecule has 6 nitrogen and oxygen atoms in total. The summed E-state index contributed by atoms with van der Waals surface area (Å²) in [7, 11) is 0. The van der Waals surface area contributed by atoms with Crippen LogP contribution in [0.25, 0.3) is 0 Å². The van der Waals surface area contributed by atoms with E-state index in [1.54, 1.807) is 18.2 Å². The van der Waals surface area contributed by atoms with Crippen molar-refractivity contribution in [1.29, 1.82) is 0 Å². The molecule has 0 atom stereocenters. The summed E-state index contributed by atoms with van der Waals surface area (Å²) in [6.45, 7) is 0. The Labute approximate surface area is 121 Å². The Bertz CT molecular complexity index is 686. The van der Waals surface area contributed by atoms with E-state index in [2.05, 4.69) is 15.9 Å². The zero-order valence-corrected chi connectivity index (χ0v) is 11.5. The molecule has 0 aliphatic heterocycles. The summed E-state index contributed by atoms with van der Waals surface area (Å²) < 4.78 is 5.79. The number of hydrogen-bond acceptors (Lipinski definition) is 4. The van der Waals surface area contributed by atoms with Crippen molar-refractivity contribution in [3.8, 4) is 11.5 Å². The Morgan fingerprint density at radius 2 is 1.90 bits per heavy atom. The van der Waals surface area contributed by atoms with Gasteiger partial charge in [0.05, 0.1) is 9.40 Å². The predicted octanol–water partition coefficient (Wildman–Crippen LogP) is 3.85. The molecular formula is C13H8BrNO5. The Morgan fingerprint density at radius 1 is 1.20 bits per heavy atom. The lowest BCUT2D eigenvalue weighted by atomic mass is 10.2. The van der Waals surface area contributed by atoms with Gasteiger partial charge < -0.3 is 9.84 Å². The van der Waals surface area contributed by atoms with Gasteiger partial charge in [-0.15, -0.1) is 0 Å². The number of rotatable bonds is 4. The SMILES string of the molecule is O=C(O)c1ccccc1Oc1c(Br)cccc1[N+](=O)[O-]. The average molecular weight is 338 g/mol. The van der Waals surface area contributed by atoms with Gasteiger partial charge in [-0.05, 0) is 34.1 Å². The number of nitro benzene ring substituents is 1. The fraction of sp³-hybridized carbons (Fsp3) is 0. The average Bonchev–Trinajstić information content (AvgIpc) is 2.41. The summed E-state index contributed by atoms with van der Waals surface area (Å²) in [4.78, 5) is 21.5. The molecule has 0 heterocycles. The second kappa shape index (κ2) is 5.70. The molecular weight excluding hydrogens is 330 g/mol. The Kier molecular flexibility index (Phi) is 3.99. The van der Waals surface area contributed by atoms with Crippen molar-refractivity contribution in [3.63, 3.8) is 0 Å². The van der Waals surface area contributed by atoms with E-state index in [9.17, 15) is 14.9 Å². The van der Waals surface area contributed by atoms with Crippen molar-refractivity contribution >= 4 is 27.6 Å². The van der Waals surface area contributed by atoms with Gasteiger partial charge in [0.25, 0.3) is 0 Å². The zero-order valence-electron chi connectivity index (χ0n) is 9.95. The van der Waals surface area contributed by atoms with Crippen molar-refractivity contribution in [2.75, 3.05) is 0 Å². The van der Waals surface area contributed by atoms with Crippen LogP contribution in [0.3, 0.4) is 0 Å². The Balaban J connectivity index is 2.51. The summed E-state index contributed by atoms with van der Waals surface area (Å²) in [6.07, 6.45) is 0. The summed E-state index contributed by atoms with van der Waals surface area (Å²) in [5.74, 6) is -1.17. The lowest BCUT2D eigenvalue weighted by Gasteiger charge is -2.10. The number of carboxylic acid groups (broad SMARTS) is 1. The summed E-state index contributed by atoms with van der Waals surface area (Å²) >= 11 is 3.16. The molecule has 0 bridgehead atoms. The van der Waals surface area contributed by atoms with Gasteiger partial charge in [-0.25, -0.2) is 4.79 Å². The van der Waals surface area contributed by atoms with Crippen molar-refractivity contribution in [2.24, 2.45) is 0 Å². The molecule has 7 heteroatoms. The third-order valence-electron chi connectivity index (χ3n) is 2.47. The molecule has 1 N–H and O–H groups in total. The number of ether oxygens (including phenoxy) is 1. The lowest BCUT2D eigenvalue weighted by Crippen LogP contribution is -2.01. The molecule has 2 aromatic rings. The van der Waals surface area contributed by atoms with E-state index in [1.165, 1.54) is 24.3 Å². The van der Waals surface area contributed by atoms with Crippen LogP contribution >= 0.6 is 15.9 Å². The number of benzene rings is 2. The molecule has 0 radical (unpaired) electrons. The van der Waals surface area contributed by atoms with E-state index in [-0.39, 0.29) is 22.7 Å². The minimum atomic E-state index is -1.17. The summed E-state index contributed by atoms with van der Waals surface area (Å²) in [6, 6.07) is 10.3. The van der Waals surface area contributed by atoms with E-state index in [1.807, 2.05) is 0 Å².